The highest BCUT2D eigenvalue weighted by Crippen LogP contribution is 2.48. The van der Waals surface area contributed by atoms with E-state index >= 15 is 0 Å². The van der Waals surface area contributed by atoms with Gasteiger partial charge in [-0.15, -0.1) is 0 Å². The average molecular weight is 689 g/mol. The minimum atomic E-state index is 0.124. The number of hydrogen-bond donors (Lipinski definition) is 0. The highest BCUT2D eigenvalue weighted by atomic mass is 16.3. The van der Waals surface area contributed by atoms with Crippen LogP contribution in [0.5, 0.6) is 0 Å². The molecule has 53 heavy (non-hydrogen) atoms. The van der Waals surface area contributed by atoms with E-state index in [4.69, 9.17) is 4.42 Å². The Kier molecular flexibility index (Phi) is 7.96. The fraction of sp³-hybridized carbons (Fsp3) is 0.160. The van der Waals surface area contributed by atoms with Crippen molar-refractivity contribution in [3.63, 3.8) is 0 Å². The van der Waals surface area contributed by atoms with E-state index in [9.17, 15) is 0 Å². The first-order valence-corrected chi connectivity index (χ1v) is 18.7. The lowest BCUT2D eigenvalue weighted by Gasteiger charge is -2.42. The summed E-state index contributed by atoms with van der Waals surface area (Å²) in [6.45, 7) is 9.59. The Morgan fingerprint density at radius 3 is 1.60 bits per heavy atom. The van der Waals surface area contributed by atoms with Gasteiger partial charge < -0.3 is 14.2 Å². The molecule has 8 aromatic rings. The van der Waals surface area contributed by atoms with Crippen LogP contribution in [0.25, 0.3) is 33.1 Å². The van der Waals surface area contributed by atoms with Crippen molar-refractivity contribution in [3.05, 3.63) is 181 Å². The van der Waals surface area contributed by atoms with Gasteiger partial charge in [-0.05, 0) is 131 Å². The molecule has 0 saturated heterocycles. The second kappa shape index (κ2) is 12.9. The number of rotatable bonds is 7. The summed E-state index contributed by atoms with van der Waals surface area (Å²) in [6, 6.07) is 61.1. The van der Waals surface area contributed by atoms with Gasteiger partial charge in [0.2, 0.25) is 0 Å². The maximum absolute atomic E-state index is 6.17. The maximum Gasteiger partial charge on any atom is 0.135 e. The Morgan fingerprint density at radius 1 is 0.377 bits per heavy atom. The van der Waals surface area contributed by atoms with Crippen molar-refractivity contribution < 1.29 is 4.42 Å². The summed E-state index contributed by atoms with van der Waals surface area (Å²) in [5.74, 6) is 0. The van der Waals surface area contributed by atoms with Gasteiger partial charge in [-0.2, -0.15) is 0 Å². The SMILES string of the molecule is CC1(C)CCC(C)(C)c2cc(N(c3ccccc3)c3cccc(-c4ccc(N(c5ccccc5)c5ccc6oc7ccccc7c6c5)cc4)c3)ccc21. The molecular formula is C50H44N2O. The standard InChI is InChI=1S/C50H44N2O/c1-49(2)30-31-50(3,4)46-34-42(26-28-45(46)49)52(38-17-9-6-10-18-38)40-19-13-14-36(32-40)35-22-24-39(25-23-35)51(37-15-7-5-8-16-37)41-27-29-48-44(33-41)43-20-11-12-21-47(43)53-48/h5-29,32-34H,30-31H2,1-4H3. The molecule has 3 nitrogen and oxygen atoms in total. The van der Waals surface area contributed by atoms with Gasteiger partial charge >= 0.3 is 0 Å². The van der Waals surface area contributed by atoms with E-state index in [1.165, 1.54) is 40.8 Å². The number of anilines is 6. The molecule has 1 aliphatic rings. The monoisotopic (exact) mass is 688 g/mol. The Morgan fingerprint density at radius 2 is 0.887 bits per heavy atom. The zero-order chi connectivity index (χ0) is 36.2. The first-order valence-electron chi connectivity index (χ1n) is 18.7. The second-order valence-corrected chi connectivity index (χ2v) is 15.7. The van der Waals surface area contributed by atoms with Gasteiger partial charge in [0.1, 0.15) is 11.2 Å². The normalized spacial score (nSPS) is 14.6. The third-order valence-corrected chi connectivity index (χ3v) is 11.3. The first-order chi connectivity index (χ1) is 25.7. The zero-order valence-corrected chi connectivity index (χ0v) is 30.9. The van der Waals surface area contributed by atoms with Gasteiger partial charge in [-0.3, -0.25) is 0 Å². The molecule has 0 bridgehead atoms. The van der Waals surface area contributed by atoms with Crippen molar-refractivity contribution in [2.45, 2.75) is 51.4 Å². The van der Waals surface area contributed by atoms with Crippen LogP contribution in [0.15, 0.2) is 174 Å². The van der Waals surface area contributed by atoms with E-state index < -0.39 is 0 Å². The molecule has 0 aliphatic heterocycles. The molecule has 0 amide bonds. The second-order valence-electron chi connectivity index (χ2n) is 15.7. The molecule has 0 fully saturated rings. The zero-order valence-electron chi connectivity index (χ0n) is 30.9. The number of nitrogens with zero attached hydrogens (tertiary/aromatic N) is 2. The van der Waals surface area contributed by atoms with Crippen LogP contribution in [0.4, 0.5) is 34.1 Å². The van der Waals surface area contributed by atoms with Gasteiger partial charge in [-0.25, -0.2) is 0 Å². The van der Waals surface area contributed by atoms with Crippen molar-refractivity contribution in [2.75, 3.05) is 9.80 Å². The Bertz CT molecular complexity index is 2560. The predicted octanol–water partition coefficient (Wildman–Crippen LogP) is 14.5. The third-order valence-electron chi connectivity index (χ3n) is 11.3. The van der Waals surface area contributed by atoms with E-state index in [2.05, 4.69) is 195 Å². The lowest BCUT2D eigenvalue weighted by Crippen LogP contribution is -2.34. The van der Waals surface area contributed by atoms with Crippen LogP contribution in [0.1, 0.15) is 51.7 Å². The van der Waals surface area contributed by atoms with Crippen LogP contribution in [0.3, 0.4) is 0 Å². The molecule has 0 radical (unpaired) electrons. The summed E-state index contributed by atoms with van der Waals surface area (Å²) in [4.78, 5) is 4.72. The van der Waals surface area contributed by atoms with Gasteiger partial charge in [0.15, 0.2) is 0 Å². The molecule has 9 rings (SSSR count). The van der Waals surface area contributed by atoms with Crippen LogP contribution < -0.4 is 9.80 Å². The van der Waals surface area contributed by atoms with Crippen molar-refractivity contribution >= 4 is 56.1 Å². The fourth-order valence-electron chi connectivity index (χ4n) is 8.24. The molecule has 3 heteroatoms. The Labute approximate surface area is 312 Å². The number of furan rings is 1. The van der Waals surface area contributed by atoms with Crippen LogP contribution in [0.2, 0.25) is 0 Å². The summed E-state index contributed by atoms with van der Waals surface area (Å²) in [5, 5.41) is 2.24. The Balaban J connectivity index is 1.10. The van der Waals surface area contributed by atoms with Crippen molar-refractivity contribution in [2.24, 2.45) is 0 Å². The molecule has 260 valence electrons. The maximum atomic E-state index is 6.17. The van der Waals surface area contributed by atoms with E-state index in [1.807, 2.05) is 12.1 Å². The highest BCUT2D eigenvalue weighted by Gasteiger charge is 2.37. The molecule has 1 heterocycles. The van der Waals surface area contributed by atoms with Crippen LogP contribution in [-0.4, -0.2) is 0 Å². The smallest absolute Gasteiger partial charge is 0.135 e. The van der Waals surface area contributed by atoms with Crippen LogP contribution >= 0.6 is 0 Å². The summed E-state index contributed by atoms with van der Waals surface area (Å²) in [6.07, 6.45) is 2.39. The van der Waals surface area contributed by atoms with Crippen molar-refractivity contribution in [1.29, 1.82) is 0 Å². The first kappa shape index (κ1) is 32.8. The minimum Gasteiger partial charge on any atom is -0.456 e. The average Bonchev–Trinajstić information content (AvgIpc) is 3.56. The van der Waals surface area contributed by atoms with E-state index in [1.54, 1.807) is 0 Å². The number of fused-ring (bicyclic) bond motifs is 4. The molecule has 1 aliphatic carbocycles. The van der Waals surface area contributed by atoms with Crippen LogP contribution in [0, 0.1) is 0 Å². The topological polar surface area (TPSA) is 19.6 Å². The summed E-state index contributed by atoms with van der Waals surface area (Å²) >= 11 is 0. The number of para-hydroxylation sites is 3. The number of hydrogen-bond acceptors (Lipinski definition) is 3. The number of benzene rings is 7. The minimum absolute atomic E-state index is 0.124. The molecule has 0 N–H and O–H groups in total. The Hall–Kier alpha value is -6.06. The van der Waals surface area contributed by atoms with Gasteiger partial charge in [-0.1, -0.05) is 113 Å². The summed E-state index contributed by atoms with van der Waals surface area (Å²) in [5.41, 5.74) is 14.1. The molecule has 0 saturated carbocycles. The van der Waals surface area contributed by atoms with Crippen molar-refractivity contribution in [3.8, 4) is 11.1 Å². The largest absolute Gasteiger partial charge is 0.456 e. The summed E-state index contributed by atoms with van der Waals surface area (Å²) in [7, 11) is 0. The molecule has 7 aromatic carbocycles. The van der Waals surface area contributed by atoms with E-state index in [-0.39, 0.29) is 10.8 Å². The molecule has 0 spiro atoms. The molecular weight excluding hydrogens is 645 g/mol. The lowest BCUT2D eigenvalue weighted by atomic mass is 9.63. The molecule has 1 aromatic heterocycles. The quantitative estimate of drug-likeness (QED) is 0.166. The summed E-state index contributed by atoms with van der Waals surface area (Å²) < 4.78 is 6.17. The van der Waals surface area contributed by atoms with Crippen molar-refractivity contribution in [1.82, 2.24) is 0 Å². The van der Waals surface area contributed by atoms with E-state index in [0.29, 0.717) is 0 Å². The van der Waals surface area contributed by atoms with Gasteiger partial charge in [0.05, 0.1) is 0 Å². The molecule has 0 atom stereocenters. The van der Waals surface area contributed by atoms with Crippen LogP contribution in [-0.2, 0) is 10.8 Å². The predicted molar refractivity (Wildman–Crippen MR) is 224 cm³/mol. The van der Waals surface area contributed by atoms with Gasteiger partial charge in [0.25, 0.3) is 0 Å². The lowest BCUT2D eigenvalue weighted by molar-refractivity contribution is 0.332. The highest BCUT2D eigenvalue weighted by molar-refractivity contribution is 6.06. The fourth-order valence-corrected chi connectivity index (χ4v) is 8.24. The van der Waals surface area contributed by atoms with E-state index in [0.717, 1.165) is 50.4 Å². The molecule has 0 unspecified atom stereocenters. The third kappa shape index (κ3) is 5.97. The van der Waals surface area contributed by atoms with Gasteiger partial charge in [0, 0.05) is 44.9 Å².